The maximum Gasteiger partial charge on any atom is 0.321 e. The topological polar surface area (TPSA) is 82.2 Å². The number of hydrogen-bond donors (Lipinski definition) is 1. The number of rotatable bonds is 5. The Hall–Kier alpha value is -1.84. The highest BCUT2D eigenvalue weighted by Crippen LogP contribution is 2.17. The van der Waals surface area contributed by atoms with Crippen molar-refractivity contribution in [2.75, 3.05) is 52.2 Å². The standard InChI is InChI=1S/C15H24N4O4S/c1-4-23-14-7-5-13(6-8-14)16-15(20)18-9-11-19(12-10-18)24(21,22)17(2)3/h5-8H,4,9-12H2,1-3H3,(H,16,20). The van der Waals surface area contributed by atoms with E-state index < -0.39 is 10.2 Å². The summed E-state index contributed by atoms with van der Waals surface area (Å²) in [5.74, 6) is 0.748. The van der Waals surface area contributed by atoms with E-state index in [0.29, 0.717) is 25.4 Å². The fraction of sp³-hybridized carbons (Fsp3) is 0.533. The van der Waals surface area contributed by atoms with E-state index in [1.165, 1.54) is 22.7 Å². The monoisotopic (exact) mass is 356 g/mol. The van der Waals surface area contributed by atoms with Crippen molar-refractivity contribution >= 4 is 21.9 Å². The van der Waals surface area contributed by atoms with Gasteiger partial charge in [0.25, 0.3) is 10.2 Å². The van der Waals surface area contributed by atoms with Crippen LogP contribution in [0.5, 0.6) is 5.75 Å². The summed E-state index contributed by atoms with van der Waals surface area (Å²) >= 11 is 0. The van der Waals surface area contributed by atoms with Gasteiger partial charge in [0.2, 0.25) is 0 Å². The molecule has 0 aromatic heterocycles. The molecule has 0 saturated carbocycles. The molecule has 0 bridgehead atoms. The second-order valence-corrected chi connectivity index (χ2v) is 7.71. The van der Waals surface area contributed by atoms with E-state index in [4.69, 9.17) is 4.74 Å². The average Bonchev–Trinajstić information content (AvgIpc) is 2.57. The van der Waals surface area contributed by atoms with Gasteiger partial charge in [-0.1, -0.05) is 0 Å². The lowest BCUT2D eigenvalue weighted by molar-refractivity contribution is 0.182. The predicted octanol–water partition coefficient (Wildman–Crippen LogP) is 1.04. The summed E-state index contributed by atoms with van der Waals surface area (Å²) in [5, 5.41) is 2.81. The number of nitrogens with zero attached hydrogens (tertiary/aromatic N) is 3. The maximum atomic E-state index is 12.3. The van der Waals surface area contributed by atoms with Crippen molar-refractivity contribution in [3.05, 3.63) is 24.3 Å². The van der Waals surface area contributed by atoms with Gasteiger partial charge in [-0.25, -0.2) is 4.79 Å². The van der Waals surface area contributed by atoms with Crippen LogP contribution >= 0.6 is 0 Å². The third-order valence-corrected chi connectivity index (χ3v) is 5.67. The zero-order valence-electron chi connectivity index (χ0n) is 14.2. The molecule has 1 aromatic rings. The number of urea groups is 1. The number of carbonyl (C=O) groups excluding carboxylic acids is 1. The first-order valence-corrected chi connectivity index (χ1v) is 9.20. The first-order chi connectivity index (χ1) is 11.3. The van der Waals surface area contributed by atoms with Gasteiger partial charge in [0.15, 0.2) is 0 Å². The Balaban J connectivity index is 1.89. The van der Waals surface area contributed by atoms with Crippen molar-refractivity contribution in [2.45, 2.75) is 6.92 Å². The number of nitrogens with one attached hydrogen (secondary N) is 1. The lowest BCUT2D eigenvalue weighted by Crippen LogP contribution is -2.53. The van der Waals surface area contributed by atoms with Gasteiger partial charge in [0, 0.05) is 46.0 Å². The lowest BCUT2D eigenvalue weighted by Gasteiger charge is -2.35. The third kappa shape index (κ3) is 4.37. The minimum atomic E-state index is -3.42. The molecule has 1 aliphatic rings. The summed E-state index contributed by atoms with van der Waals surface area (Å²) in [5.41, 5.74) is 0.673. The van der Waals surface area contributed by atoms with Gasteiger partial charge >= 0.3 is 6.03 Å². The van der Waals surface area contributed by atoms with Crippen molar-refractivity contribution in [3.8, 4) is 5.75 Å². The van der Waals surface area contributed by atoms with E-state index in [-0.39, 0.29) is 19.1 Å². The molecule has 0 spiro atoms. The van der Waals surface area contributed by atoms with E-state index in [2.05, 4.69) is 5.32 Å². The van der Waals surface area contributed by atoms with Crippen LogP contribution < -0.4 is 10.1 Å². The Morgan fingerprint density at radius 3 is 2.25 bits per heavy atom. The molecule has 1 aromatic carbocycles. The van der Waals surface area contributed by atoms with Crippen molar-refractivity contribution in [1.82, 2.24) is 13.5 Å². The van der Waals surface area contributed by atoms with Gasteiger partial charge in [-0.15, -0.1) is 0 Å². The number of ether oxygens (including phenoxy) is 1. The van der Waals surface area contributed by atoms with Gasteiger partial charge < -0.3 is 15.0 Å². The smallest absolute Gasteiger partial charge is 0.321 e. The minimum Gasteiger partial charge on any atom is -0.494 e. The van der Waals surface area contributed by atoms with Crippen LogP contribution in [0.4, 0.5) is 10.5 Å². The minimum absolute atomic E-state index is 0.235. The highest BCUT2D eigenvalue weighted by Gasteiger charge is 2.30. The molecule has 1 N–H and O–H groups in total. The van der Waals surface area contributed by atoms with Crippen LogP contribution in [-0.2, 0) is 10.2 Å². The summed E-state index contributed by atoms with van der Waals surface area (Å²) in [4.78, 5) is 13.9. The first kappa shape index (κ1) is 18.5. The Bertz CT molecular complexity index is 653. The molecule has 1 aliphatic heterocycles. The van der Waals surface area contributed by atoms with Gasteiger partial charge in [-0.3, -0.25) is 0 Å². The molecule has 0 atom stereocenters. The normalized spacial score (nSPS) is 16.2. The van der Waals surface area contributed by atoms with E-state index in [0.717, 1.165) is 5.75 Å². The molecule has 134 valence electrons. The van der Waals surface area contributed by atoms with Crippen LogP contribution in [0.15, 0.2) is 24.3 Å². The van der Waals surface area contributed by atoms with Crippen LogP contribution in [0.2, 0.25) is 0 Å². The SMILES string of the molecule is CCOc1ccc(NC(=O)N2CCN(S(=O)(=O)N(C)C)CC2)cc1. The number of piperazine rings is 1. The zero-order valence-corrected chi connectivity index (χ0v) is 15.0. The Morgan fingerprint density at radius 1 is 1.17 bits per heavy atom. The molecule has 1 saturated heterocycles. The van der Waals surface area contributed by atoms with Gasteiger partial charge in [0.1, 0.15) is 5.75 Å². The lowest BCUT2D eigenvalue weighted by atomic mass is 10.3. The van der Waals surface area contributed by atoms with Crippen molar-refractivity contribution in [1.29, 1.82) is 0 Å². The Kier molecular flexibility index (Phi) is 6.03. The average molecular weight is 356 g/mol. The first-order valence-electron chi connectivity index (χ1n) is 7.81. The number of amides is 2. The molecule has 9 heteroatoms. The largest absolute Gasteiger partial charge is 0.494 e. The number of anilines is 1. The third-order valence-electron chi connectivity index (χ3n) is 3.73. The highest BCUT2D eigenvalue weighted by atomic mass is 32.2. The number of benzene rings is 1. The van der Waals surface area contributed by atoms with Crippen LogP contribution in [0, 0.1) is 0 Å². The van der Waals surface area contributed by atoms with E-state index in [9.17, 15) is 13.2 Å². The van der Waals surface area contributed by atoms with E-state index in [1.807, 2.05) is 6.92 Å². The van der Waals surface area contributed by atoms with Crippen LogP contribution in [-0.4, -0.2) is 74.8 Å². The number of hydrogen-bond acceptors (Lipinski definition) is 4. The summed E-state index contributed by atoms with van der Waals surface area (Å²) < 4.78 is 32.0. The second kappa shape index (κ2) is 7.82. The summed E-state index contributed by atoms with van der Waals surface area (Å²) in [6.07, 6.45) is 0. The van der Waals surface area contributed by atoms with E-state index >= 15 is 0 Å². The molecule has 8 nitrogen and oxygen atoms in total. The molecule has 24 heavy (non-hydrogen) atoms. The summed E-state index contributed by atoms with van der Waals surface area (Å²) in [6, 6.07) is 6.90. The fourth-order valence-corrected chi connectivity index (χ4v) is 3.44. The molecule has 1 fully saturated rings. The summed E-state index contributed by atoms with van der Waals surface area (Å²) in [6.45, 7) is 3.79. The highest BCUT2D eigenvalue weighted by molar-refractivity contribution is 7.86. The molecule has 1 heterocycles. The van der Waals surface area contributed by atoms with Crippen molar-refractivity contribution in [3.63, 3.8) is 0 Å². The molecular weight excluding hydrogens is 332 g/mol. The van der Waals surface area contributed by atoms with Gasteiger partial charge in [0.05, 0.1) is 6.61 Å². The molecule has 0 unspecified atom stereocenters. The van der Waals surface area contributed by atoms with Crippen molar-refractivity contribution in [2.24, 2.45) is 0 Å². The van der Waals surface area contributed by atoms with Crippen LogP contribution in [0.3, 0.4) is 0 Å². The van der Waals surface area contributed by atoms with E-state index in [1.54, 1.807) is 29.2 Å². The predicted molar refractivity (Wildman–Crippen MR) is 92.4 cm³/mol. The maximum absolute atomic E-state index is 12.3. The summed E-state index contributed by atoms with van der Waals surface area (Å²) in [7, 11) is -0.423. The van der Waals surface area contributed by atoms with Crippen LogP contribution in [0.25, 0.3) is 0 Å². The van der Waals surface area contributed by atoms with Gasteiger partial charge in [-0.2, -0.15) is 17.0 Å². The molecule has 2 amide bonds. The fourth-order valence-electron chi connectivity index (χ4n) is 2.36. The Morgan fingerprint density at radius 2 is 1.75 bits per heavy atom. The van der Waals surface area contributed by atoms with Gasteiger partial charge in [-0.05, 0) is 31.2 Å². The van der Waals surface area contributed by atoms with Crippen LogP contribution in [0.1, 0.15) is 6.92 Å². The number of carbonyl (C=O) groups is 1. The van der Waals surface area contributed by atoms with Crippen molar-refractivity contribution < 1.29 is 17.9 Å². The molecule has 0 radical (unpaired) electrons. The quantitative estimate of drug-likeness (QED) is 0.855. The molecular formula is C15H24N4O4S. The molecule has 2 rings (SSSR count). The second-order valence-electron chi connectivity index (χ2n) is 5.56. The Labute approximate surface area is 143 Å². The molecule has 0 aliphatic carbocycles. The zero-order chi connectivity index (χ0) is 17.7.